The Kier molecular flexibility index (Phi) is 5.11. The second kappa shape index (κ2) is 6.44. The van der Waals surface area contributed by atoms with E-state index < -0.39 is 20.0 Å². The lowest BCUT2D eigenvalue weighted by molar-refractivity contribution is 0.359. The highest BCUT2D eigenvalue weighted by Crippen LogP contribution is 2.39. The van der Waals surface area contributed by atoms with E-state index in [1.807, 2.05) is 6.08 Å². The molecule has 1 aliphatic rings. The van der Waals surface area contributed by atoms with E-state index in [4.69, 9.17) is 16.0 Å². The predicted molar refractivity (Wildman–Crippen MR) is 94.6 cm³/mol. The van der Waals surface area contributed by atoms with Crippen molar-refractivity contribution in [1.82, 2.24) is 0 Å². The molecule has 23 heavy (non-hydrogen) atoms. The van der Waals surface area contributed by atoms with Crippen LogP contribution < -0.4 is 4.90 Å². The standard InChI is InChI=1S/C17H24ClF2NOSi/c1-17(2,3)23(4,5)22-13-6-8-21(9-7-13)16-14(19)10-12(18)11-15(16)20/h6,10-11H,7-9H2,1-5H3. The molecule has 6 heteroatoms. The molecule has 0 fully saturated rings. The van der Waals surface area contributed by atoms with Gasteiger partial charge in [0.2, 0.25) is 8.32 Å². The third kappa shape index (κ3) is 4.07. The average molecular weight is 360 g/mol. The Morgan fingerprint density at radius 2 is 1.74 bits per heavy atom. The van der Waals surface area contributed by atoms with Crippen LogP contribution in [0.4, 0.5) is 14.5 Å². The van der Waals surface area contributed by atoms with Crippen LogP contribution in [0.25, 0.3) is 0 Å². The maximum atomic E-state index is 14.0. The van der Waals surface area contributed by atoms with E-state index in [0.717, 1.165) is 17.9 Å². The summed E-state index contributed by atoms with van der Waals surface area (Å²) in [7, 11) is -1.88. The zero-order chi connectivity index (χ0) is 17.4. The molecule has 128 valence electrons. The number of rotatable bonds is 3. The Morgan fingerprint density at radius 3 is 2.17 bits per heavy atom. The van der Waals surface area contributed by atoms with E-state index in [1.165, 1.54) is 0 Å². The highest BCUT2D eigenvalue weighted by molar-refractivity contribution is 6.74. The minimum atomic E-state index is -1.88. The molecule has 0 aliphatic carbocycles. The molecule has 0 unspecified atom stereocenters. The molecule has 0 atom stereocenters. The fourth-order valence-electron chi connectivity index (χ4n) is 2.26. The van der Waals surface area contributed by atoms with Crippen LogP contribution in [0.3, 0.4) is 0 Å². The Bertz CT molecular complexity index is 603. The molecular weight excluding hydrogens is 336 g/mol. The molecule has 1 heterocycles. The topological polar surface area (TPSA) is 12.5 Å². The molecule has 0 aromatic heterocycles. The van der Waals surface area contributed by atoms with E-state index in [1.54, 1.807) is 4.90 Å². The van der Waals surface area contributed by atoms with Crippen molar-refractivity contribution in [3.05, 3.63) is 40.6 Å². The van der Waals surface area contributed by atoms with Crippen molar-refractivity contribution < 1.29 is 13.2 Å². The van der Waals surface area contributed by atoms with Gasteiger partial charge in [0, 0.05) is 24.5 Å². The lowest BCUT2D eigenvalue weighted by Crippen LogP contribution is -2.42. The highest BCUT2D eigenvalue weighted by Gasteiger charge is 2.39. The average Bonchev–Trinajstić information content (AvgIpc) is 2.37. The van der Waals surface area contributed by atoms with Gasteiger partial charge in [0.25, 0.3) is 0 Å². The van der Waals surface area contributed by atoms with Crippen LogP contribution in [0.15, 0.2) is 24.0 Å². The van der Waals surface area contributed by atoms with E-state index in [0.29, 0.717) is 19.5 Å². The first-order valence-electron chi connectivity index (χ1n) is 7.79. The van der Waals surface area contributed by atoms with Gasteiger partial charge in [0.1, 0.15) is 5.69 Å². The zero-order valence-electron chi connectivity index (χ0n) is 14.3. The van der Waals surface area contributed by atoms with Gasteiger partial charge in [-0.1, -0.05) is 32.4 Å². The summed E-state index contributed by atoms with van der Waals surface area (Å²) in [6.45, 7) is 11.9. The maximum absolute atomic E-state index is 14.0. The van der Waals surface area contributed by atoms with E-state index in [-0.39, 0.29) is 15.7 Å². The van der Waals surface area contributed by atoms with Crippen LogP contribution >= 0.6 is 11.6 Å². The SMILES string of the molecule is CC(C)(C)[Si](C)(C)OC1=CCN(c2c(F)cc(Cl)cc2F)CC1. The third-order valence-corrected chi connectivity index (χ3v) is 9.26. The first kappa shape index (κ1) is 18.3. The summed E-state index contributed by atoms with van der Waals surface area (Å²) >= 11 is 5.67. The molecule has 0 bridgehead atoms. The maximum Gasteiger partial charge on any atom is 0.250 e. The fraction of sp³-hybridized carbons (Fsp3) is 0.529. The van der Waals surface area contributed by atoms with E-state index in [2.05, 4.69) is 33.9 Å². The predicted octanol–water partition coefficient (Wildman–Crippen LogP) is 5.73. The molecule has 0 spiro atoms. The summed E-state index contributed by atoms with van der Waals surface area (Å²) in [5.74, 6) is -0.322. The number of hydrogen-bond donors (Lipinski definition) is 0. The summed E-state index contributed by atoms with van der Waals surface area (Å²) in [5.41, 5.74) is -0.0166. The summed E-state index contributed by atoms with van der Waals surface area (Å²) in [4.78, 5) is 1.68. The molecule has 1 aromatic rings. The van der Waals surface area contributed by atoms with Crippen LogP contribution in [-0.2, 0) is 4.43 Å². The number of halogens is 3. The highest BCUT2D eigenvalue weighted by atomic mass is 35.5. The molecule has 0 saturated heterocycles. The van der Waals surface area contributed by atoms with Crippen LogP contribution in [0.2, 0.25) is 23.2 Å². The molecule has 1 aromatic carbocycles. The van der Waals surface area contributed by atoms with Gasteiger partial charge in [-0.2, -0.15) is 0 Å². The van der Waals surface area contributed by atoms with Crippen molar-refractivity contribution in [2.24, 2.45) is 0 Å². The number of nitrogens with zero attached hydrogens (tertiary/aromatic N) is 1. The second-order valence-corrected chi connectivity index (χ2v) is 12.6. The quantitative estimate of drug-likeness (QED) is 0.638. The normalized spacial score (nSPS) is 16.3. The van der Waals surface area contributed by atoms with Crippen LogP contribution in [0.1, 0.15) is 27.2 Å². The van der Waals surface area contributed by atoms with Crippen molar-refractivity contribution in [1.29, 1.82) is 0 Å². The van der Waals surface area contributed by atoms with Gasteiger partial charge >= 0.3 is 0 Å². The van der Waals surface area contributed by atoms with Gasteiger partial charge in [0.05, 0.1) is 5.76 Å². The Balaban J connectivity index is 2.13. The second-order valence-electron chi connectivity index (χ2n) is 7.45. The summed E-state index contributed by atoms with van der Waals surface area (Å²) in [6, 6.07) is 2.29. The largest absolute Gasteiger partial charge is 0.547 e. The summed E-state index contributed by atoms with van der Waals surface area (Å²) in [5, 5.41) is 0.192. The van der Waals surface area contributed by atoms with Gasteiger partial charge in [0.15, 0.2) is 11.6 Å². The van der Waals surface area contributed by atoms with Gasteiger partial charge in [-0.25, -0.2) is 8.78 Å². The van der Waals surface area contributed by atoms with Crippen molar-refractivity contribution in [2.75, 3.05) is 18.0 Å². The monoisotopic (exact) mass is 359 g/mol. The minimum Gasteiger partial charge on any atom is -0.547 e. The number of hydrogen-bond acceptors (Lipinski definition) is 2. The van der Waals surface area contributed by atoms with Crippen molar-refractivity contribution in [2.45, 2.75) is 45.3 Å². The van der Waals surface area contributed by atoms with Crippen molar-refractivity contribution in [3.63, 3.8) is 0 Å². The fourth-order valence-corrected chi connectivity index (χ4v) is 3.60. The Morgan fingerprint density at radius 1 is 1.17 bits per heavy atom. The first-order chi connectivity index (χ1) is 10.5. The number of anilines is 1. The molecule has 0 amide bonds. The minimum absolute atomic E-state index is 0.0166. The van der Waals surface area contributed by atoms with E-state index in [9.17, 15) is 8.78 Å². The molecule has 2 nitrogen and oxygen atoms in total. The molecular formula is C17H24ClF2NOSi. The molecule has 2 rings (SSSR count). The van der Waals surface area contributed by atoms with Gasteiger partial charge < -0.3 is 9.33 Å². The molecule has 0 saturated carbocycles. The van der Waals surface area contributed by atoms with Crippen LogP contribution in [-0.4, -0.2) is 21.4 Å². The summed E-state index contributed by atoms with van der Waals surface area (Å²) in [6.07, 6.45) is 2.57. The molecule has 0 N–H and O–H groups in total. The number of benzene rings is 1. The lowest BCUT2D eigenvalue weighted by atomic mass is 10.2. The Labute approximate surface area is 143 Å². The van der Waals surface area contributed by atoms with Crippen LogP contribution in [0.5, 0.6) is 0 Å². The summed E-state index contributed by atoms with van der Waals surface area (Å²) < 4.78 is 34.3. The van der Waals surface area contributed by atoms with Crippen molar-refractivity contribution >= 4 is 25.6 Å². The van der Waals surface area contributed by atoms with Gasteiger partial charge in [-0.15, -0.1) is 0 Å². The van der Waals surface area contributed by atoms with Gasteiger partial charge in [-0.05, 0) is 36.3 Å². The molecule has 0 radical (unpaired) electrons. The first-order valence-corrected chi connectivity index (χ1v) is 11.1. The smallest absolute Gasteiger partial charge is 0.250 e. The van der Waals surface area contributed by atoms with Crippen molar-refractivity contribution in [3.8, 4) is 0 Å². The van der Waals surface area contributed by atoms with Crippen LogP contribution in [0, 0.1) is 11.6 Å². The van der Waals surface area contributed by atoms with E-state index >= 15 is 0 Å². The molecule has 1 aliphatic heterocycles. The zero-order valence-corrected chi connectivity index (χ0v) is 16.1. The van der Waals surface area contributed by atoms with Gasteiger partial charge in [-0.3, -0.25) is 0 Å². The Hall–Kier alpha value is -1.07. The lowest BCUT2D eigenvalue weighted by Gasteiger charge is -2.39. The third-order valence-electron chi connectivity index (χ3n) is 4.66.